The molecule has 3 heterocycles. The van der Waals surface area contributed by atoms with Crippen molar-refractivity contribution in [3.05, 3.63) is 35.7 Å². The SMILES string of the molecule is Cc1cncc(C2=C[C@@H](C)CN(CC3(O)COC3)C2)c1. The Bertz CT molecular complexity index is 523. The summed E-state index contributed by atoms with van der Waals surface area (Å²) in [4.78, 5) is 6.61. The monoisotopic (exact) mass is 274 g/mol. The lowest BCUT2D eigenvalue weighted by Gasteiger charge is -2.42. The zero-order chi connectivity index (χ0) is 14.2. The Labute approximate surface area is 120 Å². The predicted molar refractivity (Wildman–Crippen MR) is 78.3 cm³/mol. The molecule has 0 radical (unpaired) electrons. The molecule has 1 aromatic rings. The summed E-state index contributed by atoms with van der Waals surface area (Å²) in [6, 6.07) is 2.18. The van der Waals surface area contributed by atoms with Crippen LogP contribution in [0.3, 0.4) is 0 Å². The maximum Gasteiger partial charge on any atom is 0.124 e. The topological polar surface area (TPSA) is 45.6 Å². The van der Waals surface area contributed by atoms with Crippen LogP contribution in [0.1, 0.15) is 18.1 Å². The molecule has 108 valence electrons. The second-order valence-electron chi connectivity index (χ2n) is 6.31. The van der Waals surface area contributed by atoms with E-state index in [0.29, 0.717) is 25.7 Å². The fourth-order valence-corrected chi connectivity index (χ4v) is 3.05. The van der Waals surface area contributed by atoms with Crippen LogP contribution < -0.4 is 0 Å². The van der Waals surface area contributed by atoms with Gasteiger partial charge in [-0.05, 0) is 35.6 Å². The number of hydrogen-bond acceptors (Lipinski definition) is 4. The van der Waals surface area contributed by atoms with E-state index in [1.807, 2.05) is 12.4 Å². The van der Waals surface area contributed by atoms with Gasteiger partial charge in [0.1, 0.15) is 5.60 Å². The molecule has 20 heavy (non-hydrogen) atoms. The molecule has 3 rings (SSSR count). The van der Waals surface area contributed by atoms with Crippen molar-refractivity contribution in [2.45, 2.75) is 19.4 Å². The second-order valence-corrected chi connectivity index (χ2v) is 6.31. The average Bonchev–Trinajstić information content (AvgIpc) is 2.36. The largest absolute Gasteiger partial charge is 0.384 e. The molecular weight excluding hydrogens is 252 g/mol. The molecule has 2 aliphatic rings. The van der Waals surface area contributed by atoms with Gasteiger partial charge in [0.25, 0.3) is 0 Å². The third kappa shape index (κ3) is 2.92. The molecule has 1 atom stereocenters. The van der Waals surface area contributed by atoms with Crippen molar-refractivity contribution in [1.82, 2.24) is 9.88 Å². The van der Waals surface area contributed by atoms with E-state index in [9.17, 15) is 5.11 Å². The lowest BCUT2D eigenvalue weighted by atomic mass is 9.94. The summed E-state index contributed by atoms with van der Waals surface area (Å²) >= 11 is 0. The van der Waals surface area contributed by atoms with Crippen LogP contribution in [-0.2, 0) is 4.74 Å². The summed E-state index contributed by atoms with van der Waals surface area (Å²) in [5, 5.41) is 10.3. The van der Waals surface area contributed by atoms with Crippen LogP contribution in [-0.4, -0.2) is 53.4 Å². The van der Waals surface area contributed by atoms with Gasteiger partial charge in [0.05, 0.1) is 13.2 Å². The minimum Gasteiger partial charge on any atom is -0.384 e. The van der Waals surface area contributed by atoms with Crippen LogP contribution in [0.4, 0.5) is 0 Å². The van der Waals surface area contributed by atoms with Crippen molar-refractivity contribution >= 4 is 5.57 Å². The second kappa shape index (κ2) is 5.28. The highest BCUT2D eigenvalue weighted by Gasteiger charge is 2.38. The Morgan fingerprint density at radius 3 is 2.90 bits per heavy atom. The number of aryl methyl sites for hydroxylation is 1. The predicted octanol–water partition coefficient (Wildman–Crippen LogP) is 1.49. The number of aliphatic hydroxyl groups is 1. The number of nitrogens with zero attached hydrogens (tertiary/aromatic N) is 2. The first-order chi connectivity index (χ1) is 9.54. The molecule has 0 amide bonds. The van der Waals surface area contributed by atoms with Crippen LogP contribution >= 0.6 is 0 Å². The molecule has 4 nitrogen and oxygen atoms in total. The number of ether oxygens (including phenoxy) is 1. The minimum atomic E-state index is -0.646. The average molecular weight is 274 g/mol. The molecule has 4 heteroatoms. The van der Waals surface area contributed by atoms with Gasteiger partial charge in [0.2, 0.25) is 0 Å². The lowest BCUT2D eigenvalue weighted by molar-refractivity contribution is -0.186. The van der Waals surface area contributed by atoms with Crippen LogP contribution in [0, 0.1) is 12.8 Å². The molecule has 0 aromatic carbocycles. The first kappa shape index (κ1) is 13.7. The smallest absolute Gasteiger partial charge is 0.124 e. The van der Waals surface area contributed by atoms with Gasteiger partial charge in [-0.1, -0.05) is 13.0 Å². The third-order valence-electron chi connectivity index (χ3n) is 3.93. The number of aromatic nitrogens is 1. The Morgan fingerprint density at radius 2 is 2.25 bits per heavy atom. The Balaban J connectivity index is 1.75. The van der Waals surface area contributed by atoms with E-state index in [1.54, 1.807) is 0 Å². The van der Waals surface area contributed by atoms with Crippen molar-refractivity contribution in [2.24, 2.45) is 5.92 Å². The van der Waals surface area contributed by atoms with Crippen molar-refractivity contribution in [3.63, 3.8) is 0 Å². The van der Waals surface area contributed by atoms with E-state index >= 15 is 0 Å². The van der Waals surface area contributed by atoms with E-state index in [2.05, 4.69) is 35.9 Å². The highest BCUT2D eigenvalue weighted by atomic mass is 16.5. The molecule has 0 bridgehead atoms. The fourth-order valence-electron chi connectivity index (χ4n) is 3.05. The van der Waals surface area contributed by atoms with Gasteiger partial charge in [-0.2, -0.15) is 0 Å². The number of rotatable bonds is 3. The standard InChI is InChI=1S/C16H22N2O2/c1-12-3-14(6-17-5-12)15-4-13(2)7-18(8-15)9-16(19)10-20-11-16/h3-6,13,19H,7-11H2,1-2H3/t13-/m1/s1. The highest BCUT2D eigenvalue weighted by Crippen LogP contribution is 2.26. The Kier molecular flexibility index (Phi) is 3.63. The summed E-state index contributed by atoms with van der Waals surface area (Å²) in [6.45, 7) is 7.76. The minimum absolute atomic E-state index is 0.461. The van der Waals surface area contributed by atoms with Gasteiger partial charge >= 0.3 is 0 Å². The van der Waals surface area contributed by atoms with E-state index in [4.69, 9.17) is 4.74 Å². The number of hydrogen-bond donors (Lipinski definition) is 1. The summed E-state index contributed by atoms with van der Waals surface area (Å²) in [7, 11) is 0. The molecule has 0 unspecified atom stereocenters. The highest BCUT2D eigenvalue weighted by molar-refractivity contribution is 5.67. The lowest BCUT2D eigenvalue weighted by Crippen LogP contribution is -2.58. The van der Waals surface area contributed by atoms with Crippen molar-refractivity contribution < 1.29 is 9.84 Å². The molecule has 2 aliphatic heterocycles. The molecule has 1 N–H and O–H groups in total. The van der Waals surface area contributed by atoms with Gasteiger partial charge in [-0.25, -0.2) is 0 Å². The molecule has 0 aliphatic carbocycles. The molecule has 0 spiro atoms. The van der Waals surface area contributed by atoms with E-state index in [-0.39, 0.29) is 0 Å². The summed E-state index contributed by atoms with van der Waals surface area (Å²) < 4.78 is 5.13. The van der Waals surface area contributed by atoms with Gasteiger partial charge < -0.3 is 9.84 Å². The first-order valence-electron chi connectivity index (χ1n) is 7.19. The maximum absolute atomic E-state index is 10.3. The molecule has 1 saturated heterocycles. The summed E-state index contributed by atoms with van der Waals surface area (Å²) in [5.74, 6) is 0.490. The van der Waals surface area contributed by atoms with Crippen LogP contribution in [0.2, 0.25) is 0 Å². The summed E-state index contributed by atoms with van der Waals surface area (Å²) in [5.41, 5.74) is 3.04. The number of pyridine rings is 1. The van der Waals surface area contributed by atoms with Crippen molar-refractivity contribution in [3.8, 4) is 0 Å². The Morgan fingerprint density at radius 1 is 1.45 bits per heavy atom. The van der Waals surface area contributed by atoms with Crippen LogP contribution in [0.15, 0.2) is 24.5 Å². The van der Waals surface area contributed by atoms with E-state index in [1.165, 1.54) is 16.7 Å². The molecule has 0 saturated carbocycles. The van der Waals surface area contributed by atoms with Crippen LogP contribution in [0.25, 0.3) is 5.57 Å². The maximum atomic E-state index is 10.3. The van der Waals surface area contributed by atoms with Gasteiger partial charge in [0.15, 0.2) is 0 Å². The van der Waals surface area contributed by atoms with Gasteiger partial charge in [-0.15, -0.1) is 0 Å². The molecular formula is C16H22N2O2. The van der Waals surface area contributed by atoms with E-state index < -0.39 is 5.60 Å². The van der Waals surface area contributed by atoms with Gasteiger partial charge in [0, 0.05) is 32.0 Å². The van der Waals surface area contributed by atoms with E-state index in [0.717, 1.165) is 13.1 Å². The molecule has 1 fully saturated rings. The summed E-state index contributed by atoms with van der Waals surface area (Å²) in [6.07, 6.45) is 6.13. The van der Waals surface area contributed by atoms with Crippen molar-refractivity contribution in [2.75, 3.05) is 32.8 Å². The normalized spacial score (nSPS) is 25.9. The fraction of sp³-hybridized carbons (Fsp3) is 0.562. The van der Waals surface area contributed by atoms with Crippen molar-refractivity contribution in [1.29, 1.82) is 0 Å². The molecule has 1 aromatic heterocycles. The quantitative estimate of drug-likeness (QED) is 0.907. The first-order valence-corrected chi connectivity index (χ1v) is 7.19. The number of β-amino-alcohol motifs (C(OH)–C–C–N with tert-alkyl or cyclic N) is 1. The van der Waals surface area contributed by atoms with Crippen LogP contribution in [0.5, 0.6) is 0 Å². The zero-order valence-corrected chi connectivity index (χ0v) is 12.2. The Hall–Kier alpha value is -1.23. The third-order valence-corrected chi connectivity index (χ3v) is 3.93. The van der Waals surface area contributed by atoms with Gasteiger partial charge in [-0.3, -0.25) is 9.88 Å². The zero-order valence-electron chi connectivity index (χ0n) is 12.2.